The predicted octanol–water partition coefficient (Wildman–Crippen LogP) is 3.50. The van der Waals surface area contributed by atoms with E-state index in [0.717, 1.165) is 15.6 Å². The molecule has 0 aliphatic carbocycles. The maximum atomic E-state index is 12.5. The van der Waals surface area contributed by atoms with Gasteiger partial charge in [0.2, 0.25) is 5.76 Å². The fourth-order valence-corrected chi connectivity index (χ4v) is 3.21. The third-order valence-corrected chi connectivity index (χ3v) is 4.50. The Balaban J connectivity index is 1.81. The maximum Gasteiger partial charge on any atom is 0.257 e. The summed E-state index contributed by atoms with van der Waals surface area (Å²) in [5.41, 5.74) is 1.28. The molecule has 3 rings (SSSR count). The highest BCUT2D eigenvalue weighted by Crippen LogP contribution is 2.27. The molecule has 0 aromatic carbocycles. The Morgan fingerprint density at radius 3 is 2.86 bits per heavy atom. The van der Waals surface area contributed by atoms with Gasteiger partial charge in [-0.15, -0.1) is 11.3 Å². The van der Waals surface area contributed by atoms with Gasteiger partial charge in [0.15, 0.2) is 5.76 Å². The van der Waals surface area contributed by atoms with Crippen LogP contribution in [0, 0.1) is 13.8 Å². The number of furan rings is 1. The molecule has 1 amide bonds. The van der Waals surface area contributed by atoms with Crippen LogP contribution in [0.2, 0.25) is 0 Å². The smallest absolute Gasteiger partial charge is 0.257 e. The largest absolute Gasteiger partial charge is 0.461 e. The van der Waals surface area contributed by atoms with E-state index in [1.165, 1.54) is 12.5 Å². The van der Waals surface area contributed by atoms with Crippen LogP contribution in [-0.2, 0) is 0 Å². The van der Waals surface area contributed by atoms with Crippen LogP contribution >= 0.6 is 11.3 Å². The van der Waals surface area contributed by atoms with Crippen LogP contribution in [0.5, 0.6) is 0 Å². The van der Waals surface area contributed by atoms with Crippen LogP contribution in [0.4, 0.5) is 0 Å². The Hall–Kier alpha value is -2.41. The molecule has 0 radical (unpaired) electrons. The average molecular weight is 317 g/mol. The summed E-state index contributed by atoms with van der Waals surface area (Å²) < 4.78 is 10.4. The molecule has 3 aromatic heterocycles. The van der Waals surface area contributed by atoms with Crippen molar-refractivity contribution in [3.05, 3.63) is 45.7 Å². The van der Waals surface area contributed by atoms with Crippen molar-refractivity contribution in [3.8, 4) is 11.5 Å². The second-order valence-electron chi connectivity index (χ2n) is 4.92. The molecule has 0 aliphatic rings. The van der Waals surface area contributed by atoms with Crippen molar-refractivity contribution < 1.29 is 13.7 Å². The Labute approximate surface area is 131 Å². The molecular weight excluding hydrogens is 302 g/mol. The number of hydrogen-bond acceptors (Lipinski definition) is 6. The van der Waals surface area contributed by atoms with Crippen LogP contribution in [0.15, 0.2) is 33.5 Å². The van der Waals surface area contributed by atoms with Crippen LogP contribution in [-0.4, -0.2) is 16.0 Å². The zero-order chi connectivity index (χ0) is 15.7. The molecular formula is C15H15N3O3S. The summed E-state index contributed by atoms with van der Waals surface area (Å²) in [4.78, 5) is 17.9. The first kappa shape index (κ1) is 14.5. The number of amides is 1. The lowest BCUT2D eigenvalue weighted by Crippen LogP contribution is -2.26. The van der Waals surface area contributed by atoms with Crippen molar-refractivity contribution in [1.29, 1.82) is 0 Å². The average Bonchev–Trinajstić information content (AvgIpc) is 3.17. The molecule has 0 aliphatic heterocycles. The fraction of sp³-hybridized carbons (Fsp3) is 0.267. The molecule has 1 atom stereocenters. The van der Waals surface area contributed by atoms with E-state index in [9.17, 15) is 4.79 Å². The molecule has 6 nitrogen and oxygen atoms in total. The summed E-state index contributed by atoms with van der Waals surface area (Å²) >= 11 is 1.58. The van der Waals surface area contributed by atoms with Gasteiger partial charge in [0.1, 0.15) is 5.56 Å². The highest BCUT2D eigenvalue weighted by atomic mass is 32.1. The van der Waals surface area contributed by atoms with E-state index in [1.54, 1.807) is 23.5 Å². The summed E-state index contributed by atoms with van der Waals surface area (Å²) in [6.07, 6.45) is 2.91. The van der Waals surface area contributed by atoms with Gasteiger partial charge in [0, 0.05) is 4.88 Å². The molecule has 1 N–H and O–H groups in total. The minimum Gasteiger partial charge on any atom is -0.461 e. The van der Waals surface area contributed by atoms with Crippen LogP contribution in [0.1, 0.15) is 38.9 Å². The van der Waals surface area contributed by atoms with E-state index >= 15 is 0 Å². The predicted molar refractivity (Wildman–Crippen MR) is 81.7 cm³/mol. The zero-order valence-corrected chi connectivity index (χ0v) is 13.2. The van der Waals surface area contributed by atoms with Crippen molar-refractivity contribution in [2.24, 2.45) is 0 Å². The van der Waals surface area contributed by atoms with Gasteiger partial charge in [-0.2, -0.15) is 0 Å². The van der Waals surface area contributed by atoms with Gasteiger partial charge in [-0.3, -0.25) is 4.79 Å². The van der Waals surface area contributed by atoms with Crippen molar-refractivity contribution in [2.45, 2.75) is 26.8 Å². The minimum atomic E-state index is -0.259. The van der Waals surface area contributed by atoms with E-state index in [0.29, 0.717) is 17.1 Å². The second kappa shape index (κ2) is 5.76. The summed E-state index contributed by atoms with van der Waals surface area (Å²) in [6.45, 7) is 5.82. The first-order valence-corrected chi connectivity index (χ1v) is 7.61. The molecule has 0 fully saturated rings. The summed E-state index contributed by atoms with van der Waals surface area (Å²) in [7, 11) is 0. The van der Waals surface area contributed by atoms with Gasteiger partial charge >= 0.3 is 0 Å². The number of nitrogens with zero attached hydrogens (tertiary/aromatic N) is 2. The lowest BCUT2D eigenvalue weighted by atomic mass is 10.2. The third-order valence-electron chi connectivity index (χ3n) is 3.24. The Kier molecular flexibility index (Phi) is 3.81. The van der Waals surface area contributed by atoms with E-state index in [1.807, 2.05) is 20.8 Å². The topological polar surface area (TPSA) is 81.2 Å². The van der Waals surface area contributed by atoms with Crippen molar-refractivity contribution >= 4 is 17.2 Å². The van der Waals surface area contributed by atoms with Crippen LogP contribution < -0.4 is 5.32 Å². The standard InChI is InChI=1S/C15H15N3O3S/c1-8-14(22-10(3)17-8)9(2)18-15(19)11-7-16-21-13(11)12-5-4-6-20-12/h4-7,9H,1-3H3,(H,18,19). The Morgan fingerprint density at radius 2 is 2.23 bits per heavy atom. The second-order valence-corrected chi connectivity index (χ2v) is 6.16. The Morgan fingerprint density at radius 1 is 1.41 bits per heavy atom. The van der Waals surface area contributed by atoms with Crippen molar-refractivity contribution in [2.75, 3.05) is 0 Å². The molecule has 3 heterocycles. The quantitative estimate of drug-likeness (QED) is 0.796. The lowest BCUT2D eigenvalue weighted by Gasteiger charge is -2.12. The lowest BCUT2D eigenvalue weighted by molar-refractivity contribution is 0.0940. The fourth-order valence-electron chi connectivity index (χ4n) is 2.28. The van der Waals surface area contributed by atoms with Crippen molar-refractivity contribution in [3.63, 3.8) is 0 Å². The van der Waals surface area contributed by atoms with Crippen molar-refractivity contribution in [1.82, 2.24) is 15.5 Å². The van der Waals surface area contributed by atoms with E-state index in [4.69, 9.17) is 8.94 Å². The molecule has 0 saturated carbocycles. The van der Waals surface area contributed by atoms with Crippen LogP contribution in [0.25, 0.3) is 11.5 Å². The Bertz CT molecular complexity index is 789. The van der Waals surface area contributed by atoms with Crippen LogP contribution in [0.3, 0.4) is 0 Å². The first-order chi connectivity index (χ1) is 10.6. The SMILES string of the molecule is Cc1nc(C)c(C(C)NC(=O)c2cnoc2-c2ccco2)s1. The van der Waals surface area contributed by atoms with E-state index in [2.05, 4.69) is 15.5 Å². The highest BCUT2D eigenvalue weighted by Gasteiger charge is 2.22. The summed E-state index contributed by atoms with van der Waals surface area (Å²) in [5, 5.41) is 7.62. The number of rotatable bonds is 4. The molecule has 0 bridgehead atoms. The van der Waals surface area contributed by atoms with Gasteiger partial charge in [0.25, 0.3) is 5.91 Å². The van der Waals surface area contributed by atoms with Gasteiger partial charge in [-0.1, -0.05) is 5.16 Å². The summed E-state index contributed by atoms with van der Waals surface area (Å²) in [6, 6.07) is 3.31. The molecule has 114 valence electrons. The number of carbonyl (C=O) groups excluding carboxylic acids is 1. The number of carbonyl (C=O) groups is 1. The number of aromatic nitrogens is 2. The molecule has 1 unspecified atom stereocenters. The number of hydrogen-bond donors (Lipinski definition) is 1. The number of nitrogens with one attached hydrogen (secondary N) is 1. The molecule has 22 heavy (non-hydrogen) atoms. The summed E-state index contributed by atoms with van der Waals surface area (Å²) in [5.74, 6) is 0.539. The molecule has 0 saturated heterocycles. The van der Waals surface area contributed by atoms with E-state index < -0.39 is 0 Å². The number of thiazole rings is 1. The molecule has 3 aromatic rings. The monoisotopic (exact) mass is 317 g/mol. The highest BCUT2D eigenvalue weighted by molar-refractivity contribution is 7.11. The first-order valence-electron chi connectivity index (χ1n) is 6.79. The van der Waals surface area contributed by atoms with E-state index in [-0.39, 0.29) is 11.9 Å². The van der Waals surface area contributed by atoms with Gasteiger partial charge in [0.05, 0.1) is 29.2 Å². The number of aryl methyl sites for hydroxylation is 2. The normalized spacial score (nSPS) is 12.3. The maximum absolute atomic E-state index is 12.5. The van der Waals surface area contributed by atoms with Gasteiger partial charge in [-0.25, -0.2) is 4.98 Å². The third kappa shape index (κ3) is 2.67. The molecule has 7 heteroatoms. The minimum absolute atomic E-state index is 0.141. The van der Waals surface area contributed by atoms with Gasteiger partial charge in [-0.05, 0) is 32.9 Å². The van der Waals surface area contributed by atoms with Gasteiger partial charge < -0.3 is 14.3 Å². The zero-order valence-electron chi connectivity index (χ0n) is 12.4. The molecule has 0 spiro atoms.